The van der Waals surface area contributed by atoms with E-state index in [4.69, 9.17) is 9.47 Å². The zero-order valence-electron chi connectivity index (χ0n) is 19.5. The fourth-order valence-electron chi connectivity index (χ4n) is 3.53. The van der Waals surface area contributed by atoms with Gasteiger partial charge in [0.15, 0.2) is 0 Å². The Morgan fingerprint density at radius 1 is 0.861 bits per heavy atom. The van der Waals surface area contributed by atoms with Gasteiger partial charge in [-0.25, -0.2) is 9.97 Å². The van der Waals surface area contributed by atoms with E-state index < -0.39 is 0 Å². The lowest BCUT2D eigenvalue weighted by atomic mass is 10.2. The quantitative estimate of drug-likeness (QED) is 0.304. The number of ether oxygens (including phenoxy) is 2. The Kier molecular flexibility index (Phi) is 6.66. The molecule has 5 aromatic rings. The molecule has 2 heterocycles. The first-order valence-corrected chi connectivity index (χ1v) is 11.3. The number of nitrogens with zero attached hydrogens (tertiary/aromatic N) is 3. The van der Waals surface area contributed by atoms with Gasteiger partial charge in [-0.1, -0.05) is 36.4 Å². The van der Waals surface area contributed by atoms with Crippen molar-refractivity contribution in [3.05, 3.63) is 109 Å². The Morgan fingerprint density at radius 3 is 2.58 bits per heavy atom. The third-order valence-corrected chi connectivity index (χ3v) is 5.32. The van der Waals surface area contributed by atoms with Gasteiger partial charge in [-0.05, 0) is 42.0 Å². The lowest BCUT2D eigenvalue weighted by Gasteiger charge is -2.10. The molecule has 0 aliphatic heterocycles. The largest absolute Gasteiger partial charge is 0.489 e. The number of anilines is 2. The number of fused-ring (bicyclic) bond motifs is 1. The molecule has 36 heavy (non-hydrogen) atoms. The predicted octanol–water partition coefficient (Wildman–Crippen LogP) is 5.50. The van der Waals surface area contributed by atoms with Crippen molar-refractivity contribution in [3.8, 4) is 17.2 Å². The van der Waals surface area contributed by atoms with Crippen molar-refractivity contribution in [2.45, 2.75) is 6.61 Å². The van der Waals surface area contributed by atoms with Crippen LogP contribution in [-0.4, -0.2) is 27.9 Å². The Hall–Kier alpha value is -4.98. The van der Waals surface area contributed by atoms with Crippen molar-refractivity contribution >= 4 is 28.4 Å². The van der Waals surface area contributed by atoms with Gasteiger partial charge in [-0.15, -0.1) is 0 Å². The minimum absolute atomic E-state index is 0.277. The minimum atomic E-state index is -0.277. The molecule has 0 aliphatic carbocycles. The number of aromatic nitrogens is 3. The summed E-state index contributed by atoms with van der Waals surface area (Å²) in [6.45, 7) is 0.494. The molecule has 2 N–H and O–H groups in total. The second-order valence-electron chi connectivity index (χ2n) is 7.90. The molecule has 5 rings (SSSR count). The predicted molar refractivity (Wildman–Crippen MR) is 138 cm³/mol. The second kappa shape index (κ2) is 10.5. The van der Waals surface area contributed by atoms with Gasteiger partial charge >= 0.3 is 0 Å². The summed E-state index contributed by atoms with van der Waals surface area (Å²) in [4.78, 5) is 24.9. The van der Waals surface area contributed by atoms with Gasteiger partial charge in [0, 0.05) is 42.6 Å². The van der Waals surface area contributed by atoms with E-state index in [1.165, 1.54) is 6.20 Å². The van der Waals surface area contributed by atoms with Crippen molar-refractivity contribution in [2.24, 2.45) is 0 Å². The maximum absolute atomic E-state index is 11.8. The molecule has 0 unspecified atom stereocenters. The monoisotopic (exact) mass is 477 g/mol. The lowest BCUT2D eigenvalue weighted by molar-refractivity contribution is 0.0958. The van der Waals surface area contributed by atoms with Gasteiger partial charge in [0.05, 0.1) is 5.52 Å². The van der Waals surface area contributed by atoms with Gasteiger partial charge in [-0.3, -0.25) is 9.78 Å². The topological polar surface area (TPSA) is 98.3 Å². The smallest absolute Gasteiger partial charge is 0.269 e. The Morgan fingerprint density at radius 2 is 1.72 bits per heavy atom. The molecule has 0 atom stereocenters. The van der Waals surface area contributed by atoms with E-state index >= 15 is 0 Å². The number of amides is 1. The summed E-state index contributed by atoms with van der Waals surface area (Å²) in [5, 5.41) is 6.60. The molecule has 8 nitrogen and oxygen atoms in total. The molecule has 8 heteroatoms. The van der Waals surface area contributed by atoms with Crippen LogP contribution in [0, 0.1) is 0 Å². The fourth-order valence-corrected chi connectivity index (χ4v) is 3.53. The van der Waals surface area contributed by atoms with Crippen LogP contribution in [0.3, 0.4) is 0 Å². The number of hydrogen-bond acceptors (Lipinski definition) is 7. The summed E-state index contributed by atoms with van der Waals surface area (Å²) in [6.07, 6.45) is 3.26. The summed E-state index contributed by atoms with van der Waals surface area (Å²) in [5.74, 6) is 2.06. The highest BCUT2D eigenvalue weighted by Crippen LogP contribution is 2.26. The molecule has 2 aromatic heterocycles. The average molecular weight is 478 g/mol. The van der Waals surface area contributed by atoms with Crippen LogP contribution in [0.1, 0.15) is 16.1 Å². The van der Waals surface area contributed by atoms with E-state index in [0.717, 1.165) is 27.9 Å². The minimum Gasteiger partial charge on any atom is -0.489 e. The van der Waals surface area contributed by atoms with Gasteiger partial charge in [-0.2, -0.15) is 0 Å². The van der Waals surface area contributed by atoms with E-state index in [0.29, 0.717) is 24.1 Å². The fraction of sp³-hybridized carbons (Fsp3) is 0.0714. The Bertz CT molecular complexity index is 1510. The molecule has 178 valence electrons. The highest BCUT2D eigenvalue weighted by molar-refractivity contribution is 5.92. The van der Waals surface area contributed by atoms with E-state index in [1.54, 1.807) is 25.4 Å². The summed E-state index contributed by atoms with van der Waals surface area (Å²) in [7, 11) is 1.56. The molecule has 0 fully saturated rings. The number of hydrogen-bond donors (Lipinski definition) is 2. The van der Waals surface area contributed by atoms with Gasteiger partial charge in [0.2, 0.25) is 5.95 Å². The Labute approximate surface area is 208 Å². The summed E-state index contributed by atoms with van der Waals surface area (Å²) in [5.41, 5.74) is 2.97. The summed E-state index contributed by atoms with van der Waals surface area (Å²) < 4.78 is 11.8. The van der Waals surface area contributed by atoms with Crippen LogP contribution in [0.25, 0.3) is 10.9 Å². The van der Waals surface area contributed by atoms with Crippen LogP contribution in [-0.2, 0) is 6.61 Å². The summed E-state index contributed by atoms with van der Waals surface area (Å²) in [6, 6.07) is 26.5. The first kappa shape index (κ1) is 22.8. The van der Waals surface area contributed by atoms with Gasteiger partial charge in [0.1, 0.15) is 29.5 Å². The molecule has 1 amide bonds. The normalized spacial score (nSPS) is 10.6. The standard InChI is InChI=1S/C28H23N5O3/c1-29-27(34)26-16-24(12-13-30-26)36-23-10-11-25-20(14-23)17-31-28(33-25)32-21-8-5-9-22(15-21)35-18-19-6-3-2-4-7-19/h2-17H,18H2,1H3,(H,29,34)(H,31,32,33). The van der Waals surface area contributed by atoms with Crippen molar-refractivity contribution in [3.63, 3.8) is 0 Å². The molecule has 0 spiro atoms. The van der Waals surface area contributed by atoms with Crippen LogP contribution < -0.4 is 20.1 Å². The van der Waals surface area contributed by atoms with Crippen LogP contribution in [0.5, 0.6) is 17.2 Å². The van der Waals surface area contributed by atoms with Gasteiger partial charge < -0.3 is 20.1 Å². The SMILES string of the molecule is CNC(=O)c1cc(Oc2ccc3nc(Nc4cccc(OCc5ccccc5)c4)ncc3c2)ccn1. The molecule has 0 bridgehead atoms. The molecular formula is C28H23N5O3. The maximum atomic E-state index is 11.8. The van der Waals surface area contributed by atoms with Crippen LogP contribution in [0.4, 0.5) is 11.6 Å². The molecule has 3 aromatic carbocycles. The molecule has 0 saturated carbocycles. The molecule has 0 saturated heterocycles. The van der Waals surface area contributed by atoms with Crippen molar-refractivity contribution in [1.82, 2.24) is 20.3 Å². The number of rotatable bonds is 8. The number of carbonyl (C=O) groups excluding carboxylic acids is 1. The lowest BCUT2D eigenvalue weighted by Crippen LogP contribution is -2.18. The van der Waals surface area contributed by atoms with E-state index in [-0.39, 0.29) is 11.6 Å². The van der Waals surface area contributed by atoms with Crippen LogP contribution in [0.2, 0.25) is 0 Å². The van der Waals surface area contributed by atoms with E-state index in [1.807, 2.05) is 72.8 Å². The molecular weight excluding hydrogens is 454 g/mol. The van der Waals surface area contributed by atoms with Crippen LogP contribution in [0.15, 0.2) is 97.3 Å². The highest BCUT2D eigenvalue weighted by atomic mass is 16.5. The maximum Gasteiger partial charge on any atom is 0.269 e. The zero-order chi connectivity index (χ0) is 24.7. The van der Waals surface area contributed by atoms with Gasteiger partial charge in [0.25, 0.3) is 5.91 Å². The van der Waals surface area contributed by atoms with Crippen molar-refractivity contribution < 1.29 is 14.3 Å². The highest BCUT2D eigenvalue weighted by Gasteiger charge is 2.08. The second-order valence-corrected chi connectivity index (χ2v) is 7.90. The Balaban J connectivity index is 1.27. The number of pyridine rings is 1. The van der Waals surface area contributed by atoms with Crippen LogP contribution >= 0.6 is 0 Å². The van der Waals surface area contributed by atoms with E-state index in [9.17, 15) is 4.79 Å². The van der Waals surface area contributed by atoms with E-state index in [2.05, 4.69) is 25.6 Å². The van der Waals surface area contributed by atoms with Crippen molar-refractivity contribution in [2.75, 3.05) is 12.4 Å². The number of benzene rings is 3. The molecule has 0 aliphatic rings. The zero-order valence-corrected chi connectivity index (χ0v) is 19.5. The third kappa shape index (κ3) is 5.56. The number of carbonyl (C=O) groups is 1. The number of nitrogens with one attached hydrogen (secondary N) is 2. The first-order chi connectivity index (χ1) is 17.7. The molecule has 0 radical (unpaired) electrons. The summed E-state index contributed by atoms with van der Waals surface area (Å²) >= 11 is 0. The first-order valence-electron chi connectivity index (χ1n) is 11.3. The average Bonchev–Trinajstić information content (AvgIpc) is 2.92. The third-order valence-electron chi connectivity index (χ3n) is 5.32. The van der Waals surface area contributed by atoms with Crippen molar-refractivity contribution in [1.29, 1.82) is 0 Å².